The Hall–Kier alpha value is -3.33. The van der Waals surface area contributed by atoms with Crippen LogP contribution in [0.3, 0.4) is 0 Å². The van der Waals surface area contributed by atoms with E-state index in [2.05, 4.69) is 15.3 Å². The number of rotatable bonds is 4. The van der Waals surface area contributed by atoms with E-state index in [1.54, 1.807) is 18.5 Å². The molecule has 3 aromatic rings. The third kappa shape index (κ3) is 4.04. The Bertz CT molecular complexity index is 1240. The van der Waals surface area contributed by atoms with Gasteiger partial charge in [-0.05, 0) is 24.5 Å². The zero-order chi connectivity index (χ0) is 23.7. The molecule has 1 saturated heterocycles. The van der Waals surface area contributed by atoms with Crippen LogP contribution in [-0.4, -0.2) is 43.9 Å². The van der Waals surface area contributed by atoms with Gasteiger partial charge >= 0.3 is 0 Å². The summed E-state index contributed by atoms with van der Waals surface area (Å²) in [5.41, 5.74) is 0.504. The van der Waals surface area contributed by atoms with Crippen LogP contribution in [0.2, 0.25) is 0 Å². The van der Waals surface area contributed by atoms with Gasteiger partial charge in [0, 0.05) is 36.1 Å². The highest BCUT2D eigenvalue weighted by Gasteiger charge is 2.51. The molecule has 176 valence electrons. The minimum Gasteiger partial charge on any atom is -0.390 e. The van der Waals surface area contributed by atoms with Crippen LogP contribution in [0.25, 0.3) is 11.1 Å². The fourth-order valence-corrected chi connectivity index (χ4v) is 5.04. The number of nitrogens with one attached hydrogen (secondary N) is 2. The summed E-state index contributed by atoms with van der Waals surface area (Å²) >= 11 is 0. The van der Waals surface area contributed by atoms with Crippen LogP contribution in [0.15, 0.2) is 66.0 Å². The summed E-state index contributed by atoms with van der Waals surface area (Å²) in [6.07, 6.45) is 7.26. The summed E-state index contributed by atoms with van der Waals surface area (Å²) in [5.74, 6) is -0.571. The Balaban J connectivity index is 1.41. The van der Waals surface area contributed by atoms with Crippen LogP contribution < -0.4 is 10.7 Å². The lowest BCUT2D eigenvalue weighted by atomic mass is 9.74. The van der Waals surface area contributed by atoms with E-state index in [4.69, 9.17) is 4.74 Å². The number of aliphatic hydroxyl groups excluding tert-OH is 1. The zero-order valence-electron chi connectivity index (χ0n) is 18.6. The highest BCUT2D eigenvalue weighted by molar-refractivity contribution is 6.05. The molecular weight excluding hydrogens is 434 g/mol. The second-order valence-corrected chi connectivity index (χ2v) is 9.00. The molecule has 0 bridgehead atoms. The predicted octanol–water partition coefficient (Wildman–Crippen LogP) is 3.19. The van der Waals surface area contributed by atoms with Gasteiger partial charge in [-0.25, -0.2) is 0 Å². The minimum atomic E-state index is -1.24. The van der Waals surface area contributed by atoms with E-state index < -0.39 is 29.8 Å². The first-order valence-corrected chi connectivity index (χ1v) is 11.5. The average Bonchev–Trinajstić information content (AvgIpc) is 2.85. The van der Waals surface area contributed by atoms with E-state index in [1.165, 1.54) is 12.4 Å². The van der Waals surface area contributed by atoms with Crippen LogP contribution in [0.5, 0.6) is 0 Å². The number of hydrogen-bond acceptors (Lipinski definition) is 6. The molecule has 1 saturated carbocycles. The standard InChI is InChI=1S/C26H27N3O5/c30-22-12-21(34-23-8-4-5-10-26(22,23)33)17-9-11-27-15-20(17)29-25(32)19-14-28-13-18(24(19)31)16-6-2-1-3-7-16/h1-3,6-7,9,11,13-15,21-23,30,33H,4-5,8,10,12H2,(H,28,31)(H,29,32). The van der Waals surface area contributed by atoms with Crippen LogP contribution in [0.4, 0.5) is 5.69 Å². The normalized spacial score (nSPS) is 26.5. The van der Waals surface area contributed by atoms with Crippen LogP contribution >= 0.6 is 0 Å². The molecule has 2 fully saturated rings. The molecule has 4 N–H and O–H groups in total. The highest BCUT2D eigenvalue weighted by atomic mass is 16.5. The first kappa shape index (κ1) is 22.5. The summed E-state index contributed by atoms with van der Waals surface area (Å²) < 4.78 is 6.22. The summed E-state index contributed by atoms with van der Waals surface area (Å²) in [7, 11) is 0. The second kappa shape index (κ2) is 9.13. The van der Waals surface area contributed by atoms with Crippen LogP contribution in [-0.2, 0) is 4.74 Å². The maximum atomic E-state index is 13.1. The Kier molecular flexibility index (Phi) is 6.03. The molecule has 0 spiro atoms. The number of pyridine rings is 2. The van der Waals surface area contributed by atoms with Gasteiger partial charge in [-0.3, -0.25) is 14.6 Å². The molecule has 8 heteroatoms. The molecule has 2 aromatic heterocycles. The molecular formula is C26H27N3O5. The largest absolute Gasteiger partial charge is 0.390 e. The molecule has 8 nitrogen and oxygen atoms in total. The summed E-state index contributed by atoms with van der Waals surface area (Å²) in [5, 5.41) is 24.5. The zero-order valence-corrected chi connectivity index (χ0v) is 18.6. The topological polar surface area (TPSA) is 125 Å². The molecule has 1 aliphatic heterocycles. The number of amides is 1. The van der Waals surface area contributed by atoms with E-state index in [1.807, 2.05) is 30.3 Å². The van der Waals surface area contributed by atoms with Crippen molar-refractivity contribution < 1.29 is 19.7 Å². The fourth-order valence-electron chi connectivity index (χ4n) is 5.04. The lowest BCUT2D eigenvalue weighted by molar-refractivity contribution is -0.242. The van der Waals surface area contributed by atoms with Crippen molar-refractivity contribution in [1.29, 1.82) is 0 Å². The van der Waals surface area contributed by atoms with Crippen molar-refractivity contribution in [2.45, 2.75) is 56.0 Å². The van der Waals surface area contributed by atoms with Crippen LogP contribution in [0, 0.1) is 0 Å². The summed E-state index contributed by atoms with van der Waals surface area (Å²) in [4.78, 5) is 33.2. The number of anilines is 1. The number of carbonyl (C=O) groups is 1. The smallest absolute Gasteiger partial charge is 0.261 e. The monoisotopic (exact) mass is 461 g/mol. The predicted molar refractivity (Wildman–Crippen MR) is 126 cm³/mol. The van der Waals surface area contributed by atoms with Gasteiger partial charge in [0.25, 0.3) is 5.91 Å². The van der Waals surface area contributed by atoms with Gasteiger partial charge in [0.05, 0.1) is 30.2 Å². The Morgan fingerprint density at radius 3 is 2.82 bits per heavy atom. The Morgan fingerprint density at radius 1 is 1.18 bits per heavy atom. The van der Waals surface area contributed by atoms with Crippen molar-refractivity contribution in [3.05, 3.63) is 82.5 Å². The molecule has 2 aliphatic rings. The molecule has 4 unspecified atom stereocenters. The number of aromatic amines is 1. The van der Waals surface area contributed by atoms with Crippen molar-refractivity contribution >= 4 is 11.6 Å². The van der Waals surface area contributed by atoms with Crippen molar-refractivity contribution in [2.75, 3.05) is 5.32 Å². The molecule has 3 heterocycles. The molecule has 4 atom stereocenters. The molecule has 1 amide bonds. The lowest BCUT2D eigenvalue weighted by Crippen LogP contribution is -2.58. The van der Waals surface area contributed by atoms with E-state index in [9.17, 15) is 19.8 Å². The SMILES string of the molecule is O=C(Nc1cnccc1C1CC(O)C2(O)CCCCC2O1)c1c[nH]cc(-c2ccccc2)c1=O. The van der Waals surface area contributed by atoms with Gasteiger partial charge in [-0.2, -0.15) is 0 Å². The average molecular weight is 462 g/mol. The number of H-pyrrole nitrogens is 1. The van der Waals surface area contributed by atoms with Gasteiger partial charge in [-0.15, -0.1) is 0 Å². The molecule has 5 rings (SSSR count). The van der Waals surface area contributed by atoms with Gasteiger partial charge in [0.15, 0.2) is 0 Å². The number of aromatic nitrogens is 2. The van der Waals surface area contributed by atoms with Crippen LogP contribution in [0.1, 0.15) is 54.1 Å². The molecule has 1 aromatic carbocycles. The van der Waals surface area contributed by atoms with Crippen molar-refractivity contribution in [3.63, 3.8) is 0 Å². The van der Waals surface area contributed by atoms with Gasteiger partial charge < -0.3 is 25.3 Å². The van der Waals surface area contributed by atoms with E-state index in [-0.39, 0.29) is 17.4 Å². The summed E-state index contributed by atoms with van der Waals surface area (Å²) in [6, 6.07) is 10.9. The number of hydrogen-bond donors (Lipinski definition) is 4. The molecule has 1 aliphatic carbocycles. The maximum absolute atomic E-state index is 13.1. The fraction of sp³-hybridized carbons (Fsp3) is 0.346. The number of benzene rings is 1. The van der Waals surface area contributed by atoms with E-state index >= 15 is 0 Å². The van der Waals surface area contributed by atoms with E-state index in [0.717, 1.165) is 12.8 Å². The minimum absolute atomic E-state index is 0.0255. The molecule has 0 radical (unpaired) electrons. The maximum Gasteiger partial charge on any atom is 0.261 e. The Labute approximate surface area is 196 Å². The molecule has 34 heavy (non-hydrogen) atoms. The number of fused-ring (bicyclic) bond motifs is 1. The third-order valence-electron chi connectivity index (χ3n) is 6.92. The van der Waals surface area contributed by atoms with Gasteiger partial charge in [-0.1, -0.05) is 43.2 Å². The first-order chi connectivity index (χ1) is 16.5. The van der Waals surface area contributed by atoms with Crippen molar-refractivity contribution in [1.82, 2.24) is 9.97 Å². The Morgan fingerprint density at radius 2 is 2.00 bits per heavy atom. The number of carbonyl (C=O) groups excluding carboxylic acids is 1. The van der Waals surface area contributed by atoms with Gasteiger partial charge in [0.2, 0.25) is 5.43 Å². The lowest BCUT2D eigenvalue weighted by Gasteiger charge is -2.49. The van der Waals surface area contributed by atoms with E-state index in [0.29, 0.717) is 35.2 Å². The number of nitrogens with zero attached hydrogens (tertiary/aromatic N) is 1. The third-order valence-corrected chi connectivity index (χ3v) is 6.92. The first-order valence-electron chi connectivity index (χ1n) is 11.5. The second-order valence-electron chi connectivity index (χ2n) is 9.00. The van der Waals surface area contributed by atoms with Gasteiger partial charge in [0.1, 0.15) is 11.2 Å². The van der Waals surface area contributed by atoms with Crippen molar-refractivity contribution in [2.24, 2.45) is 0 Å². The number of ether oxygens (including phenoxy) is 1. The highest BCUT2D eigenvalue weighted by Crippen LogP contribution is 2.45. The summed E-state index contributed by atoms with van der Waals surface area (Å²) in [6.45, 7) is 0. The quantitative estimate of drug-likeness (QED) is 0.473. The van der Waals surface area contributed by atoms with Crippen molar-refractivity contribution in [3.8, 4) is 11.1 Å². The number of aliphatic hydroxyl groups is 2.